The summed E-state index contributed by atoms with van der Waals surface area (Å²) in [5.41, 5.74) is 3.79. The molecular formula is C15H18O2. The van der Waals surface area contributed by atoms with E-state index in [-0.39, 0.29) is 11.9 Å². The Morgan fingerprint density at radius 3 is 2.88 bits per heavy atom. The van der Waals surface area contributed by atoms with Gasteiger partial charge >= 0.3 is 5.97 Å². The van der Waals surface area contributed by atoms with E-state index in [1.807, 2.05) is 19.9 Å². The maximum Gasteiger partial charge on any atom is 0.312 e. The summed E-state index contributed by atoms with van der Waals surface area (Å²) in [5.74, 6) is -0.235. The number of carbonyl (C=O) groups excluding carboxylic acids is 1. The van der Waals surface area contributed by atoms with Gasteiger partial charge in [0.2, 0.25) is 0 Å². The first-order valence-electron chi connectivity index (χ1n) is 6.17. The number of benzene rings is 1. The molecule has 0 saturated carbocycles. The topological polar surface area (TPSA) is 26.3 Å². The molecule has 0 fully saturated rings. The molecule has 0 aliphatic heterocycles. The van der Waals surface area contributed by atoms with E-state index in [1.54, 1.807) is 0 Å². The molecule has 2 rings (SSSR count). The van der Waals surface area contributed by atoms with Crippen molar-refractivity contribution >= 4 is 12.0 Å². The molecule has 17 heavy (non-hydrogen) atoms. The fourth-order valence-electron chi connectivity index (χ4n) is 2.21. The Morgan fingerprint density at radius 2 is 2.12 bits per heavy atom. The SMILES string of the molecule is CCOC(=O)[C@H](C)C1=Cc2ccccc2CC1. The maximum absolute atomic E-state index is 11.7. The molecule has 0 spiro atoms. The second kappa shape index (κ2) is 5.17. The maximum atomic E-state index is 11.7. The highest BCUT2D eigenvalue weighted by atomic mass is 16.5. The van der Waals surface area contributed by atoms with Crippen LogP contribution in [0, 0.1) is 5.92 Å². The molecule has 0 heterocycles. The first-order valence-corrected chi connectivity index (χ1v) is 6.17. The molecule has 1 aromatic rings. The van der Waals surface area contributed by atoms with Crippen molar-refractivity contribution in [3.63, 3.8) is 0 Å². The van der Waals surface area contributed by atoms with Crippen LogP contribution in [0.2, 0.25) is 0 Å². The third-order valence-electron chi connectivity index (χ3n) is 3.28. The zero-order valence-corrected chi connectivity index (χ0v) is 10.4. The van der Waals surface area contributed by atoms with E-state index in [9.17, 15) is 4.79 Å². The van der Waals surface area contributed by atoms with Crippen LogP contribution in [0.1, 0.15) is 31.4 Å². The molecule has 0 N–H and O–H groups in total. The van der Waals surface area contributed by atoms with Crippen molar-refractivity contribution in [3.05, 3.63) is 41.0 Å². The predicted octanol–water partition coefficient (Wildman–Crippen LogP) is 3.22. The van der Waals surface area contributed by atoms with Crippen molar-refractivity contribution in [1.29, 1.82) is 0 Å². The molecule has 0 aromatic heterocycles. The van der Waals surface area contributed by atoms with E-state index in [1.165, 1.54) is 16.7 Å². The number of carbonyl (C=O) groups is 1. The largest absolute Gasteiger partial charge is 0.466 e. The molecule has 1 atom stereocenters. The average Bonchev–Trinajstić information content (AvgIpc) is 2.37. The Kier molecular flexibility index (Phi) is 3.62. The van der Waals surface area contributed by atoms with Crippen molar-refractivity contribution < 1.29 is 9.53 Å². The van der Waals surface area contributed by atoms with E-state index >= 15 is 0 Å². The normalized spacial score (nSPS) is 15.8. The van der Waals surface area contributed by atoms with Gasteiger partial charge in [0.15, 0.2) is 0 Å². The van der Waals surface area contributed by atoms with Crippen LogP contribution in [0.25, 0.3) is 6.08 Å². The van der Waals surface area contributed by atoms with Gasteiger partial charge in [0.1, 0.15) is 0 Å². The molecule has 1 aromatic carbocycles. The molecule has 2 nitrogen and oxygen atoms in total. The van der Waals surface area contributed by atoms with Crippen molar-refractivity contribution in [2.24, 2.45) is 5.92 Å². The fourth-order valence-corrected chi connectivity index (χ4v) is 2.21. The first kappa shape index (κ1) is 11.9. The Bertz CT molecular complexity index is 446. The molecule has 0 saturated heterocycles. The summed E-state index contributed by atoms with van der Waals surface area (Å²) in [6, 6.07) is 8.35. The third-order valence-corrected chi connectivity index (χ3v) is 3.28. The van der Waals surface area contributed by atoms with Gasteiger partial charge in [-0.05, 0) is 37.8 Å². The highest BCUT2D eigenvalue weighted by Gasteiger charge is 2.21. The molecule has 1 aliphatic carbocycles. The van der Waals surface area contributed by atoms with Crippen LogP contribution in [0.5, 0.6) is 0 Å². The second-order valence-corrected chi connectivity index (χ2v) is 4.39. The highest BCUT2D eigenvalue weighted by molar-refractivity contribution is 5.78. The molecule has 0 amide bonds. The lowest BCUT2D eigenvalue weighted by atomic mass is 9.86. The van der Waals surface area contributed by atoms with Crippen LogP contribution in [0.4, 0.5) is 0 Å². The highest BCUT2D eigenvalue weighted by Crippen LogP contribution is 2.28. The standard InChI is InChI=1S/C15H18O2/c1-3-17-15(16)11(2)13-9-8-12-6-4-5-7-14(12)10-13/h4-7,10-11H,3,8-9H2,1-2H3/t11-/m1/s1. The van der Waals surface area contributed by atoms with E-state index in [0.717, 1.165) is 12.8 Å². The second-order valence-electron chi connectivity index (χ2n) is 4.39. The van der Waals surface area contributed by atoms with Crippen LogP contribution < -0.4 is 0 Å². The van der Waals surface area contributed by atoms with Crippen molar-refractivity contribution in [2.45, 2.75) is 26.7 Å². The summed E-state index contributed by atoms with van der Waals surface area (Å²) >= 11 is 0. The fraction of sp³-hybridized carbons (Fsp3) is 0.400. The Balaban J connectivity index is 2.19. The summed E-state index contributed by atoms with van der Waals surface area (Å²) < 4.78 is 5.07. The Hall–Kier alpha value is -1.57. The van der Waals surface area contributed by atoms with Gasteiger partial charge in [0, 0.05) is 0 Å². The average molecular weight is 230 g/mol. The van der Waals surface area contributed by atoms with Gasteiger partial charge in [-0.1, -0.05) is 35.9 Å². The predicted molar refractivity (Wildman–Crippen MR) is 68.5 cm³/mol. The zero-order chi connectivity index (χ0) is 12.3. The van der Waals surface area contributed by atoms with Crippen LogP contribution >= 0.6 is 0 Å². The number of aryl methyl sites for hydroxylation is 1. The minimum atomic E-state index is -0.122. The molecule has 0 bridgehead atoms. The summed E-state index contributed by atoms with van der Waals surface area (Å²) in [4.78, 5) is 11.7. The third kappa shape index (κ3) is 2.57. The van der Waals surface area contributed by atoms with Crippen molar-refractivity contribution in [2.75, 3.05) is 6.61 Å². The number of ether oxygens (including phenoxy) is 1. The van der Waals surface area contributed by atoms with E-state index in [0.29, 0.717) is 6.61 Å². The zero-order valence-electron chi connectivity index (χ0n) is 10.4. The van der Waals surface area contributed by atoms with Gasteiger partial charge in [0.05, 0.1) is 12.5 Å². The number of hydrogen-bond donors (Lipinski definition) is 0. The molecular weight excluding hydrogens is 212 g/mol. The van der Waals surface area contributed by atoms with Gasteiger partial charge in [-0.15, -0.1) is 0 Å². The monoisotopic (exact) mass is 230 g/mol. The molecule has 2 heteroatoms. The lowest BCUT2D eigenvalue weighted by molar-refractivity contribution is -0.146. The lowest BCUT2D eigenvalue weighted by Crippen LogP contribution is -2.18. The van der Waals surface area contributed by atoms with Crippen LogP contribution in [-0.4, -0.2) is 12.6 Å². The summed E-state index contributed by atoms with van der Waals surface area (Å²) in [6.45, 7) is 4.22. The number of fused-ring (bicyclic) bond motifs is 1. The quantitative estimate of drug-likeness (QED) is 0.745. The number of hydrogen-bond acceptors (Lipinski definition) is 2. The minimum absolute atomic E-state index is 0.113. The first-order chi connectivity index (χ1) is 8.22. The summed E-state index contributed by atoms with van der Waals surface area (Å²) in [7, 11) is 0. The van der Waals surface area contributed by atoms with Crippen LogP contribution in [-0.2, 0) is 16.0 Å². The van der Waals surface area contributed by atoms with Gasteiger partial charge in [0.25, 0.3) is 0 Å². The van der Waals surface area contributed by atoms with Crippen LogP contribution in [0.15, 0.2) is 29.8 Å². The van der Waals surface area contributed by atoms with Gasteiger partial charge in [-0.3, -0.25) is 4.79 Å². The molecule has 1 aliphatic rings. The minimum Gasteiger partial charge on any atom is -0.466 e. The smallest absolute Gasteiger partial charge is 0.312 e. The Labute approximate surface area is 102 Å². The summed E-state index contributed by atoms with van der Waals surface area (Å²) in [6.07, 6.45) is 4.11. The number of rotatable bonds is 3. The Morgan fingerprint density at radius 1 is 1.35 bits per heavy atom. The van der Waals surface area contributed by atoms with Gasteiger partial charge in [-0.2, -0.15) is 0 Å². The van der Waals surface area contributed by atoms with Crippen molar-refractivity contribution in [1.82, 2.24) is 0 Å². The summed E-state index contributed by atoms with van der Waals surface area (Å²) in [5, 5.41) is 0. The lowest BCUT2D eigenvalue weighted by Gasteiger charge is -2.20. The van der Waals surface area contributed by atoms with Gasteiger partial charge < -0.3 is 4.74 Å². The van der Waals surface area contributed by atoms with Gasteiger partial charge in [-0.25, -0.2) is 0 Å². The van der Waals surface area contributed by atoms with Crippen LogP contribution in [0.3, 0.4) is 0 Å². The van der Waals surface area contributed by atoms with E-state index in [4.69, 9.17) is 4.74 Å². The molecule has 90 valence electrons. The molecule has 0 unspecified atom stereocenters. The van der Waals surface area contributed by atoms with Crippen molar-refractivity contribution in [3.8, 4) is 0 Å². The molecule has 0 radical (unpaired) electrons. The van der Waals surface area contributed by atoms with E-state index in [2.05, 4.69) is 24.3 Å². The number of esters is 1. The van der Waals surface area contributed by atoms with E-state index < -0.39 is 0 Å².